The molecule has 286 valence electrons. The number of hydrogen-bond acceptors (Lipinski definition) is 8. The van der Waals surface area contributed by atoms with Crippen molar-refractivity contribution in [3.05, 3.63) is 11.6 Å². The highest BCUT2D eigenvalue weighted by molar-refractivity contribution is 5.86. The van der Waals surface area contributed by atoms with Crippen LogP contribution in [0.4, 0.5) is 5.95 Å². The number of carboxylic acid groups (broad SMARTS) is 1. The second-order valence-electron chi connectivity index (χ2n) is 19.3. The highest BCUT2D eigenvalue weighted by atomic mass is 16.5. The SMILES string of the molecule is CN[C@@](C)(CO[C@H]1[C@H](n2nnc(NC(C)=O)n2)C[C@@]23COC[C@]1(C)[C@@H]2CC[C@H]1C3=CC[C@@]2(C)C(C(=O)O)[C@@](C)([C@H](C)C(C)C)CC[C@]12C)C(C)C. The zero-order valence-corrected chi connectivity index (χ0v) is 33.4. The van der Waals surface area contributed by atoms with Crippen molar-refractivity contribution in [2.45, 2.75) is 132 Å². The third-order valence-electron chi connectivity index (χ3n) is 16.5. The van der Waals surface area contributed by atoms with Gasteiger partial charge >= 0.3 is 5.97 Å². The summed E-state index contributed by atoms with van der Waals surface area (Å²) in [5, 5.41) is 30.8. The fraction of sp³-hybridized carbons (Fsp3) is 0.875. The third-order valence-corrected chi connectivity index (χ3v) is 16.5. The summed E-state index contributed by atoms with van der Waals surface area (Å²) < 4.78 is 13.8. The fourth-order valence-electron chi connectivity index (χ4n) is 12.5. The summed E-state index contributed by atoms with van der Waals surface area (Å²) in [6, 6.07) is -0.243. The number of tetrazole rings is 1. The second kappa shape index (κ2) is 12.9. The topological polar surface area (TPSA) is 140 Å². The quantitative estimate of drug-likeness (QED) is 0.224. The van der Waals surface area contributed by atoms with Crippen LogP contribution >= 0.6 is 0 Å². The third kappa shape index (κ3) is 5.55. The molecule has 11 nitrogen and oxygen atoms in total. The maximum atomic E-state index is 13.5. The van der Waals surface area contributed by atoms with Gasteiger partial charge in [0.2, 0.25) is 5.91 Å². The molecule has 51 heavy (non-hydrogen) atoms. The largest absolute Gasteiger partial charge is 0.481 e. The molecule has 12 atom stereocenters. The number of carboxylic acids is 1. The van der Waals surface area contributed by atoms with Crippen LogP contribution in [0.15, 0.2) is 11.6 Å². The van der Waals surface area contributed by atoms with Crippen LogP contribution in [0.25, 0.3) is 0 Å². The van der Waals surface area contributed by atoms with E-state index in [1.165, 1.54) is 12.5 Å². The van der Waals surface area contributed by atoms with E-state index >= 15 is 0 Å². The van der Waals surface area contributed by atoms with Crippen molar-refractivity contribution >= 4 is 17.8 Å². The minimum absolute atomic E-state index is 0.178. The van der Waals surface area contributed by atoms with Crippen LogP contribution in [0.1, 0.15) is 121 Å². The van der Waals surface area contributed by atoms with E-state index in [2.05, 4.69) is 96.3 Å². The summed E-state index contributed by atoms with van der Waals surface area (Å²) in [6.45, 7) is 25.9. The van der Waals surface area contributed by atoms with Gasteiger partial charge in [0.25, 0.3) is 5.95 Å². The van der Waals surface area contributed by atoms with Crippen molar-refractivity contribution in [1.29, 1.82) is 0 Å². The molecule has 4 aliphatic carbocycles. The molecule has 5 aliphatic rings. The molecule has 1 aliphatic heterocycles. The number of amides is 1. The Kier molecular flexibility index (Phi) is 9.70. The van der Waals surface area contributed by atoms with Crippen LogP contribution in [0, 0.1) is 62.6 Å². The molecular formula is C40H66N6O5. The van der Waals surface area contributed by atoms with E-state index < -0.39 is 11.9 Å². The van der Waals surface area contributed by atoms with Crippen molar-refractivity contribution in [3.8, 4) is 0 Å². The van der Waals surface area contributed by atoms with E-state index in [9.17, 15) is 14.7 Å². The Balaban J connectivity index is 1.45. The molecule has 2 heterocycles. The van der Waals surface area contributed by atoms with Crippen LogP contribution in [0.2, 0.25) is 0 Å². The first-order valence-electron chi connectivity index (χ1n) is 19.6. The first-order chi connectivity index (χ1) is 23.7. The van der Waals surface area contributed by atoms with Gasteiger partial charge in [-0.1, -0.05) is 79.1 Å². The first kappa shape index (κ1) is 38.4. The number of likely N-dealkylation sites (N-methyl/N-ethyl adjacent to an activating group) is 1. The van der Waals surface area contributed by atoms with E-state index in [4.69, 9.17) is 14.6 Å². The highest BCUT2D eigenvalue weighted by Crippen LogP contribution is 2.75. The molecule has 0 spiro atoms. The Hall–Kier alpha value is -2.37. The lowest BCUT2D eigenvalue weighted by molar-refractivity contribution is -0.254. The molecule has 11 heteroatoms. The fourth-order valence-corrected chi connectivity index (χ4v) is 12.5. The molecule has 1 saturated heterocycles. The van der Waals surface area contributed by atoms with Crippen molar-refractivity contribution in [1.82, 2.24) is 25.5 Å². The lowest BCUT2D eigenvalue weighted by atomic mass is 9.34. The van der Waals surface area contributed by atoms with Gasteiger partial charge in [-0.3, -0.25) is 14.9 Å². The van der Waals surface area contributed by atoms with Gasteiger partial charge in [-0.2, -0.15) is 4.80 Å². The Morgan fingerprint density at radius 3 is 2.41 bits per heavy atom. The van der Waals surface area contributed by atoms with Gasteiger partial charge in [0.05, 0.1) is 31.8 Å². The summed E-state index contributed by atoms with van der Waals surface area (Å²) in [6.07, 6.45) is 7.68. The molecular weight excluding hydrogens is 644 g/mol. The number of aliphatic carboxylic acids is 1. The predicted octanol–water partition coefficient (Wildman–Crippen LogP) is 6.78. The highest BCUT2D eigenvalue weighted by Gasteiger charge is 2.72. The molecule has 2 bridgehead atoms. The van der Waals surface area contributed by atoms with Crippen molar-refractivity contribution in [3.63, 3.8) is 0 Å². The van der Waals surface area contributed by atoms with Crippen LogP contribution in [0.5, 0.6) is 0 Å². The van der Waals surface area contributed by atoms with Gasteiger partial charge in [-0.05, 0) is 104 Å². The van der Waals surface area contributed by atoms with Crippen LogP contribution in [-0.4, -0.2) is 75.7 Å². The number of fused-ring (bicyclic) bond motifs is 3. The van der Waals surface area contributed by atoms with Gasteiger partial charge in [-0.15, -0.1) is 5.10 Å². The Morgan fingerprint density at radius 2 is 1.80 bits per heavy atom. The lowest BCUT2D eigenvalue weighted by Crippen LogP contribution is -2.69. The summed E-state index contributed by atoms with van der Waals surface area (Å²) in [7, 11) is 1.99. The molecule has 3 saturated carbocycles. The number of rotatable bonds is 10. The van der Waals surface area contributed by atoms with Gasteiger partial charge in [0, 0.05) is 23.3 Å². The first-order valence-corrected chi connectivity index (χ1v) is 19.6. The molecule has 1 unspecified atom stereocenters. The van der Waals surface area contributed by atoms with E-state index in [0.717, 1.165) is 38.5 Å². The van der Waals surface area contributed by atoms with Crippen molar-refractivity contribution in [2.24, 2.45) is 62.6 Å². The Bertz CT molecular complexity index is 1540. The second-order valence-corrected chi connectivity index (χ2v) is 19.3. The van der Waals surface area contributed by atoms with Gasteiger partial charge in [-0.25, -0.2) is 0 Å². The molecule has 6 rings (SSSR count). The minimum Gasteiger partial charge on any atom is -0.481 e. The smallest absolute Gasteiger partial charge is 0.307 e. The molecule has 0 radical (unpaired) electrons. The average molecular weight is 711 g/mol. The summed E-state index contributed by atoms with van der Waals surface area (Å²) in [5.74, 6) is 0.477. The molecule has 1 aromatic heterocycles. The van der Waals surface area contributed by atoms with Crippen LogP contribution in [-0.2, 0) is 19.1 Å². The van der Waals surface area contributed by atoms with Gasteiger partial charge in [0.15, 0.2) is 0 Å². The molecule has 0 aromatic carbocycles. The zero-order chi connectivity index (χ0) is 37.5. The predicted molar refractivity (Wildman–Crippen MR) is 197 cm³/mol. The van der Waals surface area contributed by atoms with E-state index in [1.54, 1.807) is 4.80 Å². The number of ether oxygens (including phenoxy) is 2. The standard InChI is InChI=1S/C40H66N6O5/c1-23(2)25(5)35(7)17-18-37(9)27-13-14-30-36(8)20-50-22-40(30,28(27)15-16-38(37,10)31(35)33(48)49)19-29(46-44-34(43-45-46)42-26(6)47)32(36)51-21-39(11,41-12)24(3)4/h15,23-25,27,29-32,41H,13-14,16-22H2,1-12H3,(H,48,49)(H,42,44,47)/t25-,27+,29-,30+,31?,32+,35-,36-,37-,38+,39+,40+/m1/s1. The number of nitrogens with zero attached hydrogens (tertiary/aromatic N) is 4. The normalized spacial score (nSPS) is 42.2. The maximum Gasteiger partial charge on any atom is 0.307 e. The molecule has 4 fully saturated rings. The maximum absolute atomic E-state index is 13.5. The molecule has 1 amide bonds. The van der Waals surface area contributed by atoms with Crippen LogP contribution in [0.3, 0.4) is 0 Å². The molecule has 1 aromatic rings. The molecule has 3 N–H and O–H groups in total. The number of allylic oxidation sites excluding steroid dienone is 1. The summed E-state index contributed by atoms with van der Waals surface area (Å²) in [4.78, 5) is 27.1. The van der Waals surface area contributed by atoms with Gasteiger partial charge in [0.1, 0.15) is 6.04 Å². The number of nitrogens with one attached hydrogen (secondary N) is 2. The number of hydrogen-bond donors (Lipinski definition) is 3. The Labute approximate surface area is 305 Å². The zero-order valence-electron chi connectivity index (χ0n) is 33.4. The van der Waals surface area contributed by atoms with E-state index in [-0.39, 0.29) is 62.5 Å². The number of carbonyl (C=O) groups excluding carboxylic acids is 1. The number of aromatic nitrogens is 4. The van der Waals surface area contributed by atoms with E-state index in [0.29, 0.717) is 43.5 Å². The van der Waals surface area contributed by atoms with Crippen molar-refractivity contribution in [2.75, 3.05) is 32.2 Å². The summed E-state index contributed by atoms with van der Waals surface area (Å²) >= 11 is 0. The number of anilines is 1. The van der Waals surface area contributed by atoms with Crippen LogP contribution < -0.4 is 10.6 Å². The summed E-state index contributed by atoms with van der Waals surface area (Å²) in [5.41, 5.74) is -0.255. The minimum atomic E-state index is -0.643. The van der Waals surface area contributed by atoms with Crippen molar-refractivity contribution < 1.29 is 24.2 Å². The van der Waals surface area contributed by atoms with Gasteiger partial charge < -0.3 is 19.9 Å². The Morgan fingerprint density at radius 1 is 1.10 bits per heavy atom. The van der Waals surface area contributed by atoms with E-state index in [1.807, 2.05) is 7.05 Å². The average Bonchev–Trinajstić information content (AvgIpc) is 3.51. The monoisotopic (exact) mass is 711 g/mol. The lowest BCUT2D eigenvalue weighted by Gasteiger charge is -2.71. The number of carbonyl (C=O) groups is 2.